The molecule has 168 valence electrons. The monoisotopic (exact) mass is 496 g/mol. The Bertz CT molecular complexity index is 1410. The molecular weight excluding hydrogens is 476 g/mol. The molecule has 0 unspecified atom stereocenters. The fourth-order valence-electron chi connectivity index (χ4n) is 3.81. The van der Waals surface area contributed by atoms with E-state index in [0.29, 0.717) is 21.1 Å². The summed E-state index contributed by atoms with van der Waals surface area (Å²) in [7, 11) is 0. The highest BCUT2D eigenvalue weighted by Gasteiger charge is 2.24. The number of nitrogens with zero attached hydrogens (tertiary/aromatic N) is 2. The Morgan fingerprint density at radius 1 is 1.15 bits per heavy atom. The molecule has 33 heavy (non-hydrogen) atoms. The van der Waals surface area contributed by atoms with Crippen LogP contribution in [-0.2, 0) is 17.6 Å². The summed E-state index contributed by atoms with van der Waals surface area (Å²) in [6.07, 6.45) is 2.95. The zero-order valence-electron chi connectivity index (χ0n) is 17.7. The number of aryl methyl sites for hydroxylation is 3. The van der Waals surface area contributed by atoms with Crippen LogP contribution in [0.1, 0.15) is 32.1 Å². The molecule has 0 fully saturated rings. The first-order chi connectivity index (χ1) is 16.0. The van der Waals surface area contributed by atoms with Crippen LogP contribution in [0.25, 0.3) is 15.9 Å². The third kappa shape index (κ3) is 4.33. The van der Waals surface area contributed by atoms with E-state index in [2.05, 4.69) is 10.9 Å². The Kier molecular flexibility index (Phi) is 6.05. The molecular formula is C23H20N4O3S3. The number of hydrogen-bond donors (Lipinski definition) is 2. The van der Waals surface area contributed by atoms with Crippen molar-refractivity contribution in [1.82, 2.24) is 20.4 Å². The van der Waals surface area contributed by atoms with Crippen LogP contribution >= 0.6 is 34.4 Å². The van der Waals surface area contributed by atoms with E-state index in [0.717, 1.165) is 35.2 Å². The molecule has 3 heterocycles. The van der Waals surface area contributed by atoms with Gasteiger partial charge in [-0.2, -0.15) is 0 Å². The van der Waals surface area contributed by atoms with Crippen LogP contribution in [0.3, 0.4) is 0 Å². The molecule has 0 atom stereocenters. The minimum absolute atomic E-state index is 0.000379. The molecule has 5 rings (SSSR count). The van der Waals surface area contributed by atoms with Crippen molar-refractivity contribution in [1.29, 1.82) is 0 Å². The molecule has 4 aromatic rings. The van der Waals surface area contributed by atoms with Crippen molar-refractivity contribution in [2.75, 3.05) is 5.75 Å². The molecule has 2 N–H and O–H groups in total. The number of hydrazine groups is 1. The van der Waals surface area contributed by atoms with Gasteiger partial charge in [0, 0.05) is 4.88 Å². The average Bonchev–Trinajstić information content (AvgIpc) is 3.54. The van der Waals surface area contributed by atoms with Crippen molar-refractivity contribution >= 4 is 56.5 Å². The van der Waals surface area contributed by atoms with Crippen LogP contribution in [0, 0.1) is 6.92 Å². The van der Waals surface area contributed by atoms with E-state index in [1.807, 2.05) is 31.2 Å². The second-order valence-corrected chi connectivity index (χ2v) is 10.7. The Labute approximate surface area is 201 Å². The minimum atomic E-state index is -0.386. The number of carbonyl (C=O) groups excluding carboxylic acids is 2. The van der Waals surface area contributed by atoms with Crippen molar-refractivity contribution in [3.63, 3.8) is 0 Å². The molecule has 10 heteroatoms. The van der Waals surface area contributed by atoms with Gasteiger partial charge in [0.25, 0.3) is 11.5 Å². The van der Waals surface area contributed by atoms with E-state index in [4.69, 9.17) is 4.98 Å². The van der Waals surface area contributed by atoms with Gasteiger partial charge in [0.2, 0.25) is 5.91 Å². The van der Waals surface area contributed by atoms with Gasteiger partial charge in [-0.3, -0.25) is 29.8 Å². The van der Waals surface area contributed by atoms with Crippen molar-refractivity contribution in [2.24, 2.45) is 0 Å². The molecule has 7 nitrogen and oxygen atoms in total. The number of carbonyl (C=O) groups is 2. The highest BCUT2D eigenvalue weighted by Crippen LogP contribution is 2.36. The second kappa shape index (κ2) is 9.12. The van der Waals surface area contributed by atoms with E-state index in [-0.39, 0.29) is 23.1 Å². The first kappa shape index (κ1) is 21.9. The maximum absolute atomic E-state index is 13.6. The van der Waals surface area contributed by atoms with E-state index >= 15 is 0 Å². The summed E-state index contributed by atoms with van der Waals surface area (Å²) >= 11 is 4.04. The van der Waals surface area contributed by atoms with Crippen LogP contribution in [0.4, 0.5) is 0 Å². The summed E-state index contributed by atoms with van der Waals surface area (Å²) in [5, 5.41) is 2.94. The lowest BCUT2D eigenvalue weighted by Crippen LogP contribution is -2.42. The Hall–Kier alpha value is -2.95. The fourth-order valence-corrected chi connectivity index (χ4v) is 6.54. The van der Waals surface area contributed by atoms with Crippen molar-refractivity contribution < 1.29 is 9.59 Å². The maximum atomic E-state index is 13.6. The molecule has 3 aromatic heterocycles. The van der Waals surface area contributed by atoms with Gasteiger partial charge in [0.15, 0.2) is 5.16 Å². The van der Waals surface area contributed by atoms with Gasteiger partial charge < -0.3 is 0 Å². The molecule has 1 aliphatic carbocycles. The summed E-state index contributed by atoms with van der Waals surface area (Å²) in [4.78, 5) is 45.3. The largest absolute Gasteiger partial charge is 0.279 e. The summed E-state index contributed by atoms with van der Waals surface area (Å²) in [6.45, 7) is 1.99. The average molecular weight is 497 g/mol. The van der Waals surface area contributed by atoms with E-state index < -0.39 is 0 Å². The molecule has 1 aliphatic rings. The zero-order chi connectivity index (χ0) is 22.9. The topological polar surface area (TPSA) is 93.1 Å². The maximum Gasteiger partial charge on any atom is 0.279 e. The van der Waals surface area contributed by atoms with Gasteiger partial charge in [-0.25, -0.2) is 4.98 Å². The number of aromatic nitrogens is 2. The summed E-state index contributed by atoms with van der Waals surface area (Å²) in [5.41, 5.74) is 7.67. The number of fused-ring (bicyclic) bond motifs is 3. The lowest BCUT2D eigenvalue weighted by Gasteiger charge is -2.13. The smallest absolute Gasteiger partial charge is 0.272 e. The van der Waals surface area contributed by atoms with Crippen LogP contribution in [0.15, 0.2) is 51.7 Å². The van der Waals surface area contributed by atoms with Crippen LogP contribution in [-0.4, -0.2) is 27.1 Å². The molecule has 0 saturated heterocycles. The predicted molar refractivity (Wildman–Crippen MR) is 133 cm³/mol. The van der Waals surface area contributed by atoms with Gasteiger partial charge in [-0.15, -0.1) is 22.7 Å². The minimum Gasteiger partial charge on any atom is -0.272 e. The first-order valence-electron chi connectivity index (χ1n) is 10.4. The summed E-state index contributed by atoms with van der Waals surface area (Å²) in [6, 6.07) is 11.1. The Balaban J connectivity index is 1.42. The van der Waals surface area contributed by atoms with Crippen LogP contribution < -0.4 is 16.4 Å². The number of rotatable bonds is 5. The molecule has 0 saturated carbocycles. The molecule has 0 radical (unpaired) electrons. The third-order valence-electron chi connectivity index (χ3n) is 5.39. The van der Waals surface area contributed by atoms with Gasteiger partial charge >= 0.3 is 0 Å². The number of nitrogens with one attached hydrogen (secondary N) is 2. The van der Waals surface area contributed by atoms with Crippen molar-refractivity contribution in [3.05, 3.63) is 73.0 Å². The van der Waals surface area contributed by atoms with Gasteiger partial charge in [0.05, 0.1) is 21.7 Å². The van der Waals surface area contributed by atoms with Crippen molar-refractivity contribution in [3.8, 4) is 5.69 Å². The lowest BCUT2D eigenvalue weighted by molar-refractivity contribution is -0.119. The number of hydrogen-bond acceptors (Lipinski definition) is 7. The number of thioether (sulfide) groups is 1. The zero-order valence-corrected chi connectivity index (χ0v) is 20.2. The first-order valence-corrected chi connectivity index (χ1v) is 13.1. The molecule has 1 aromatic carbocycles. The highest BCUT2D eigenvalue weighted by atomic mass is 32.2. The van der Waals surface area contributed by atoms with Crippen LogP contribution in [0.2, 0.25) is 0 Å². The fraction of sp³-hybridized carbons (Fsp3) is 0.217. The number of amides is 2. The van der Waals surface area contributed by atoms with E-state index in [1.165, 1.54) is 28.0 Å². The Morgan fingerprint density at radius 3 is 2.73 bits per heavy atom. The SMILES string of the molecule is Cc1ccc(-n2c(SCC(=O)NNC(=O)c3cccs3)nc3sc4c(c3c2=O)CCC4)cc1. The third-order valence-corrected chi connectivity index (χ3v) is 8.39. The molecule has 0 spiro atoms. The standard InChI is InChI=1S/C23H20N4O3S3/c1-13-7-9-14(10-8-13)27-22(30)19-15-4-2-5-16(15)33-21(19)24-23(27)32-12-18(28)25-26-20(29)17-6-3-11-31-17/h3,6-11H,2,4-5,12H2,1H3,(H,25,28)(H,26,29). The normalized spacial score (nSPS) is 12.6. The summed E-state index contributed by atoms with van der Waals surface area (Å²) < 4.78 is 1.59. The Morgan fingerprint density at radius 2 is 1.97 bits per heavy atom. The summed E-state index contributed by atoms with van der Waals surface area (Å²) in [5.74, 6) is -0.754. The van der Waals surface area contributed by atoms with Gasteiger partial charge in [0.1, 0.15) is 4.83 Å². The van der Waals surface area contributed by atoms with E-state index in [9.17, 15) is 14.4 Å². The van der Waals surface area contributed by atoms with Crippen LogP contribution in [0.5, 0.6) is 0 Å². The predicted octanol–water partition coefficient (Wildman–Crippen LogP) is 3.86. The van der Waals surface area contributed by atoms with E-state index in [1.54, 1.807) is 33.4 Å². The molecule has 0 aliphatic heterocycles. The second-order valence-electron chi connectivity index (χ2n) is 7.68. The van der Waals surface area contributed by atoms with Crippen molar-refractivity contribution in [2.45, 2.75) is 31.3 Å². The quantitative estimate of drug-likeness (QED) is 0.249. The highest BCUT2D eigenvalue weighted by molar-refractivity contribution is 7.99. The molecule has 2 amide bonds. The van der Waals surface area contributed by atoms with Gasteiger partial charge in [-0.1, -0.05) is 35.5 Å². The lowest BCUT2D eigenvalue weighted by atomic mass is 10.2. The number of thiophene rings is 2. The molecule has 0 bridgehead atoms. The van der Waals surface area contributed by atoms with Gasteiger partial charge in [-0.05, 0) is 55.3 Å². The number of benzene rings is 1.